The molecule has 0 saturated heterocycles. The normalized spacial score (nSPS) is 27.9. The van der Waals surface area contributed by atoms with E-state index in [0.717, 1.165) is 18.9 Å². The van der Waals surface area contributed by atoms with Crippen LogP contribution in [0.15, 0.2) is 0 Å². The largest absolute Gasteiger partial charge is 0.391 e. The van der Waals surface area contributed by atoms with E-state index in [0.29, 0.717) is 12.6 Å². The zero-order valence-corrected chi connectivity index (χ0v) is 10.7. The molecule has 0 radical (unpaired) electrons. The third kappa shape index (κ3) is 5.28. The van der Waals surface area contributed by atoms with Gasteiger partial charge in [-0.05, 0) is 44.6 Å². The molecule has 0 heterocycles. The number of aliphatic hydroxyl groups excluding tert-OH is 1. The van der Waals surface area contributed by atoms with Gasteiger partial charge in [0.2, 0.25) is 0 Å². The molecule has 2 N–H and O–H groups in total. The van der Waals surface area contributed by atoms with Gasteiger partial charge in [0.15, 0.2) is 0 Å². The Balaban J connectivity index is 2.02. The molecule has 1 saturated carbocycles. The SMILES string of the molecule is CCC1CCC(NCCC(O)COC)CC1. The van der Waals surface area contributed by atoms with Gasteiger partial charge in [-0.25, -0.2) is 0 Å². The quantitative estimate of drug-likeness (QED) is 0.701. The predicted octanol–water partition coefficient (Wildman–Crippen LogP) is 1.94. The molecule has 3 nitrogen and oxygen atoms in total. The fourth-order valence-corrected chi connectivity index (χ4v) is 2.50. The van der Waals surface area contributed by atoms with Crippen LogP contribution in [0.2, 0.25) is 0 Å². The van der Waals surface area contributed by atoms with Gasteiger partial charge in [-0.2, -0.15) is 0 Å². The van der Waals surface area contributed by atoms with Crippen LogP contribution in [0, 0.1) is 5.92 Å². The fourth-order valence-electron chi connectivity index (χ4n) is 2.50. The van der Waals surface area contributed by atoms with Crippen LogP contribution in [0.4, 0.5) is 0 Å². The molecule has 96 valence electrons. The smallest absolute Gasteiger partial charge is 0.0785 e. The molecule has 16 heavy (non-hydrogen) atoms. The number of ether oxygens (including phenoxy) is 1. The molecule has 1 unspecified atom stereocenters. The lowest BCUT2D eigenvalue weighted by atomic mass is 9.84. The van der Waals surface area contributed by atoms with Gasteiger partial charge in [0.05, 0.1) is 12.7 Å². The van der Waals surface area contributed by atoms with Crippen molar-refractivity contribution in [3.63, 3.8) is 0 Å². The Kier molecular flexibility index (Phi) is 7.01. The van der Waals surface area contributed by atoms with Crippen molar-refractivity contribution in [2.24, 2.45) is 5.92 Å². The summed E-state index contributed by atoms with van der Waals surface area (Å²) in [4.78, 5) is 0. The molecule has 0 aromatic carbocycles. The van der Waals surface area contributed by atoms with E-state index in [1.165, 1.54) is 32.1 Å². The molecule has 1 aliphatic rings. The Morgan fingerprint density at radius 1 is 1.31 bits per heavy atom. The van der Waals surface area contributed by atoms with Gasteiger partial charge in [-0.1, -0.05) is 13.3 Å². The molecule has 3 heteroatoms. The van der Waals surface area contributed by atoms with Crippen molar-refractivity contribution in [3.8, 4) is 0 Å². The van der Waals surface area contributed by atoms with Gasteiger partial charge in [0.25, 0.3) is 0 Å². The van der Waals surface area contributed by atoms with E-state index in [2.05, 4.69) is 12.2 Å². The highest BCUT2D eigenvalue weighted by molar-refractivity contribution is 4.76. The van der Waals surface area contributed by atoms with E-state index in [1.54, 1.807) is 7.11 Å². The summed E-state index contributed by atoms with van der Waals surface area (Å²) in [5.41, 5.74) is 0. The van der Waals surface area contributed by atoms with Crippen LogP contribution in [0.5, 0.6) is 0 Å². The first-order valence-corrected chi connectivity index (χ1v) is 6.66. The van der Waals surface area contributed by atoms with Crippen LogP contribution in [0.1, 0.15) is 45.4 Å². The predicted molar refractivity (Wildman–Crippen MR) is 66.5 cm³/mol. The zero-order chi connectivity index (χ0) is 11.8. The van der Waals surface area contributed by atoms with Gasteiger partial charge in [0.1, 0.15) is 0 Å². The van der Waals surface area contributed by atoms with Gasteiger partial charge < -0.3 is 15.2 Å². The summed E-state index contributed by atoms with van der Waals surface area (Å²) in [5, 5.41) is 13.0. The van der Waals surface area contributed by atoms with Gasteiger partial charge in [0, 0.05) is 13.2 Å². The van der Waals surface area contributed by atoms with E-state index in [-0.39, 0.29) is 6.10 Å². The lowest BCUT2D eigenvalue weighted by Crippen LogP contribution is -2.35. The summed E-state index contributed by atoms with van der Waals surface area (Å²) in [7, 11) is 1.63. The van der Waals surface area contributed by atoms with Crippen LogP contribution in [0.25, 0.3) is 0 Å². The Morgan fingerprint density at radius 2 is 2.00 bits per heavy atom. The minimum absolute atomic E-state index is 0.315. The lowest BCUT2D eigenvalue weighted by molar-refractivity contribution is 0.0586. The number of nitrogens with one attached hydrogen (secondary N) is 1. The molecule has 1 atom stereocenters. The summed E-state index contributed by atoms with van der Waals surface area (Å²) < 4.78 is 4.90. The highest BCUT2D eigenvalue weighted by atomic mass is 16.5. The van der Waals surface area contributed by atoms with E-state index >= 15 is 0 Å². The van der Waals surface area contributed by atoms with E-state index in [4.69, 9.17) is 4.74 Å². The lowest BCUT2D eigenvalue weighted by Gasteiger charge is -2.28. The van der Waals surface area contributed by atoms with Gasteiger partial charge >= 0.3 is 0 Å². The summed E-state index contributed by atoms with van der Waals surface area (Å²) in [6, 6.07) is 0.678. The van der Waals surface area contributed by atoms with Crippen molar-refractivity contribution in [2.75, 3.05) is 20.3 Å². The third-order valence-corrected chi connectivity index (χ3v) is 3.69. The molecule has 1 rings (SSSR count). The first-order chi connectivity index (χ1) is 7.76. The Morgan fingerprint density at radius 3 is 2.56 bits per heavy atom. The molecular weight excluding hydrogens is 202 g/mol. The van der Waals surface area contributed by atoms with E-state index in [1.807, 2.05) is 0 Å². The summed E-state index contributed by atoms with van der Waals surface area (Å²) in [5.74, 6) is 0.956. The van der Waals surface area contributed by atoms with Crippen molar-refractivity contribution < 1.29 is 9.84 Å². The maximum absolute atomic E-state index is 9.49. The zero-order valence-electron chi connectivity index (χ0n) is 10.7. The highest BCUT2D eigenvalue weighted by Crippen LogP contribution is 2.26. The average molecular weight is 229 g/mol. The van der Waals surface area contributed by atoms with Crippen molar-refractivity contribution in [2.45, 2.75) is 57.6 Å². The third-order valence-electron chi connectivity index (χ3n) is 3.69. The van der Waals surface area contributed by atoms with Crippen LogP contribution < -0.4 is 5.32 Å². The number of aliphatic hydroxyl groups is 1. The first kappa shape index (κ1) is 13.9. The molecule has 1 fully saturated rings. The Labute approximate surface area is 99.6 Å². The van der Waals surface area contributed by atoms with Crippen molar-refractivity contribution in [1.82, 2.24) is 5.32 Å². The first-order valence-electron chi connectivity index (χ1n) is 6.66. The Bertz CT molecular complexity index is 167. The maximum atomic E-state index is 9.49. The second-order valence-electron chi connectivity index (χ2n) is 4.98. The number of hydrogen-bond acceptors (Lipinski definition) is 3. The fraction of sp³-hybridized carbons (Fsp3) is 1.00. The number of hydrogen-bond donors (Lipinski definition) is 2. The molecule has 0 spiro atoms. The van der Waals surface area contributed by atoms with E-state index in [9.17, 15) is 5.11 Å². The summed E-state index contributed by atoms with van der Waals surface area (Å²) in [6.07, 6.45) is 7.16. The molecule has 0 aliphatic heterocycles. The molecule has 0 aromatic heterocycles. The van der Waals surface area contributed by atoms with E-state index < -0.39 is 0 Å². The second-order valence-corrected chi connectivity index (χ2v) is 4.98. The number of methoxy groups -OCH3 is 1. The summed E-state index contributed by atoms with van der Waals surface area (Å²) >= 11 is 0. The number of rotatable bonds is 7. The maximum Gasteiger partial charge on any atom is 0.0785 e. The molecule has 0 amide bonds. The highest BCUT2D eigenvalue weighted by Gasteiger charge is 2.19. The average Bonchev–Trinajstić information content (AvgIpc) is 2.30. The Hall–Kier alpha value is -0.120. The summed E-state index contributed by atoms with van der Waals surface area (Å²) in [6.45, 7) is 3.65. The van der Waals surface area contributed by atoms with Gasteiger partial charge in [-0.15, -0.1) is 0 Å². The minimum Gasteiger partial charge on any atom is -0.391 e. The van der Waals surface area contributed by atoms with Crippen molar-refractivity contribution >= 4 is 0 Å². The van der Waals surface area contributed by atoms with Gasteiger partial charge in [-0.3, -0.25) is 0 Å². The standard InChI is InChI=1S/C13H27NO2/c1-3-11-4-6-12(7-5-11)14-9-8-13(15)10-16-2/h11-15H,3-10H2,1-2H3. The molecule has 0 aromatic rings. The molecular formula is C13H27NO2. The van der Waals surface area contributed by atoms with Crippen molar-refractivity contribution in [1.29, 1.82) is 0 Å². The van der Waals surface area contributed by atoms with Crippen LogP contribution in [-0.2, 0) is 4.74 Å². The van der Waals surface area contributed by atoms with Crippen LogP contribution in [0.3, 0.4) is 0 Å². The topological polar surface area (TPSA) is 41.5 Å². The monoisotopic (exact) mass is 229 g/mol. The molecule has 0 bridgehead atoms. The van der Waals surface area contributed by atoms with Crippen LogP contribution >= 0.6 is 0 Å². The molecule has 1 aliphatic carbocycles. The minimum atomic E-state index is -0.315. The second kappa shape index (κ2) is 8.04. The van der Waals surface area contributed by atoms with Crippen LogP contribution in [-0.4, -0.2) is 37.5 Å². The van der Waals surface area contributed by atoms with Crippen molar-refractivity contribution in [3.05, 3.63) is 0 Å².